The van der Waals surface area contributed by atoms with Crippen molar-refractivity contribution in [1.29, 1.82) is 0 Å². The van der Waals surface area contributed by atoms with Crippen LogP contribution in [0.1, 0.15) is 30.7 Å². The number of aryl methyl sites for hydroxylation is 1. The lowest BCUT2D eigenvalue weighted by molar-refractivity contribution is 0.681. The lowest BCUT2D eigenvalue weighted by Crippen LogP contribution is -2.07. The minimum absolute atomic E-state index is 0.312. The molecule has 1 heterocycles. The Bertz CT molecular complexity index is 731. The molecule has 0 aliphatic rings. The third-order valence-electron chi connectivity index (χ3n) is 3.80. The molecule has 0 N–H and O–H groups in total. The second kappa shape index (κ2) is 5.29. The highest BCUT2D eigenvalue weighted by atomic mass is 35.5. The van der Waals surface area contributed by atoms with Gasteiger partial charge in [0.1, 0.15) is 5.82 Å². The van der Waals surface area contributed by atoms with E-state index < -0.39 is 0 Å². The van der Waals surface area contributed by atoms with Gasteiger partial charge in [-0.05, 0) is 30.2 Å². The molecule has 0 saturated carbocycles. The second-order valence-corrected chi connectivity index (χ2v) is 5.47. The number of hydrogen-bond donors (Lipinski definition) is 0. The molecule has 3 rings (SSSR count). The van der Waals surface area contributed by atoms with E-state index in [4.69, 9.17) is 16.6 Å². The van der Waals surface area contributed by atoms with Gasteiger partial charge >= 0.3 is 0 Å². The topological polar surface area (TPSA) is 17.8 Å². The molecule has 0 bridgehead atoms. The van der Waals surface area contributed by atoms with Gasteiger partial charge in [-0.15, -0.1) is 0 Å². The zero-order valence-corrected chi connectivity index (χ0v) is 12.4. The predicted octanol–water partition coefficient (Wildman–Crippen LogP) is 4.77. The van der Waals surface area contributed by atoms with Gasteiger partial charge in [-0.2, -0.15) is 0 Å². The van der Waals surface area contributed by atoms with E-state index in [2.05, 4.69) is 42.8 Å². The first-order valence-corrected chi connectivity index (χ1v) is 7.25. The van der Waals surface area contributed by atoms with Crippen LogP contribution in [0.2, 0.25) is 5.02 Å². The Labute approximate surface area is 124 Å². The van der Waals surface area contributed by atoms with Crippen LogP contribution in [-0.4, -0.2) is 9.55 Å². The molecule has 0 saturated heterocycles. The molecule has 1 aromatic heterocycles. The van der Waals surface area contributed by atoms with E-state index >= 15 is 0 Å². The standard InChI is InChI=1S/C17H17ClN2/c1-3-14(12-7-5-4-6-8-12)17-19-15-11-13(18)9-10-16(15)20(17)2/h4-11,14H,3H2,1-2H3. The number of fused-ring (bicyclic) bond motifs is 1. The zero-order chi connectivity index (χ0) is 14.1. The van der Waals surface area contributed by atoms with Crippen LogP contribution in [0.25, 0.3) is 11.0 Å². The Morgan fingerprint density at radius 2 is 1.90 bits per heavy atom. The molecule has 0 aliphatic heterocycles. The minimum Gasteiger partial charge on any atom is -0.331 e. The van der Waals surface area contributed by atoms with Crippen molar-refractivity contribution in [1.82, 2.24) is 9.55 Å². The summed E-state index contributed by atoms with van der Waals surface area (Å²) in [4.78, 5) is 4.80. The fourth-order valence-electron chi connectivity index (χ4n) is 2.76. The Kier molecular flexibility index (Phi) is 3.49. The van der Waals surface area contributed by atoms with E-state index in [-0.39, 0.29) is 0 Å². The Morgan fingerprint density at radius 3 is 2.60 bits per heavy atom. The molecular weight excluding hydrogens is 268 g/mol. The second-order valence-electron chi connectivity index (χ2n) is 5.03. The number of nitrogens with zero attached hydrogens (tertiary/aromatic N) is 2. The van der Waals surface area contributed by atoms with Crippen molar-refractivity contribution in [2.24, 2.45) is 7.05 Å². The summed E-state index contributed by atoms with van der Waals surface area (Å²) in [6, 6.07) is 16.4. The Morgan fingerprint density at radius 1 is 1.15 bits per heavy atom. The first kappa shape index (κ1) is 13.2. The van der Waals surface area contributed by atoms with E-state index in [9.17, 15) is 0 Å². The molecule has 2 aromatic carbocycles. The number of imidazole rings is 1. The minimum atomic E-state index is 0.312. The maximum absolute atomic E-state index is 6.06. The first-order valence-electron chi connectivity index (χ1n) is 6.87. The van der Waals surface area contributed by atoms with Crippen LogP contribution in [0.3, 0.4) is 0 Å². The fraction of sp³-hybridized carbons (Fsp3) is 0.235. The van der Waals surface area contributed by atoms with Gasteiger partial charge in [0.15, 0.2) is 0 Å². The molecule has 1 unspecified atom stereocenters. The van der Waals surface area contributed by atoms with Gasteiger partial charge in [0.25, 0.3) is 0 Å². The van der Waals surface area contributed by atoms with Crippen LogP contribution in [0.5, 0.6) is 0 Å². The third kappa shape index (κ3) is 2.20. The summed E-state index contributed by atoms with van der Waals surface area (Å²) in [5.41, 5.74) is 3.39. The van der Waals surface area contributed by atoms with Gasteiger partial charge in [0, 0.05) is 18.0 Å². The molecule has 102 valence electrons. The SMILES string of the molecule is CCC(c1ccccc1)c1nc2cc(Cl)ccc2n1C. The van der Waals surface area contributed by atoms with Crippen LogP contribution < -0.4 is 0 Å². The van der Waals surface area contributed by atoms with Crippen molar-refractivity contribution in [2.45, 2.75) is 19.3 Å². The first-order chi connectivity index (χ1) is 9.70. The van der Waals surface area contributed by atoms with E-state index in [1.165, 1.54) is 5.56 Å². The van der Waals surface area contributed by atoms with Crippen molar-refractivity contribution in [3.8, 4) is 0 Å². The number of halogens is 1. The van der Waals surface area contributed by atoms with E-state index in [1.54, 1.807) is 0 Å². The van der Waals surface area contributed by atoms with Crippen molar-refractivity contribution in [3.63, 3.8) is 0 Å². The number of hydrogen-bond acceptors (Lipinski definition) is 1. The molecule has 3 heteroatoms. The monoisotopic (exact) mass is 284 g/mol. The van der Waals surface area contributed by atoms with Gasteiger partial charge in [-0.3, -0.25) is 0 Å². The average Bonchev–Trinajstić information content (AvgIpc) is 2.78. The number of aromatic nitrogens is 2. The third-order valence-corrected chi connectivity index (χ3v) is 4.03. The molecule has 0 radical (unpaired) electrons. The van der Waals surface area contributed by atoms with E-state index in [0.29, 0.717) is 5.92 Å². The summed E-state index contributed by atoms with van der Waals surface area (Å²) in [7, 11) is 2.07. The molecule has 0 spiro atoms. The van der Waals surface area contributed by atoms with Crippen LogP contribution in [0.4, 0.5) is 0 Å². The molecule has 2 nitrogen and oxygen atoms in total. The normalized spacial score (nSPS) is 12.8. The van der Waals surface area contributed by atoms with Gasteiger partial charge in [0.05, 0.1) is 11.0 Å². The maximum atomic E-state index is 6.06. The molecule has 1 atom stereocenters. The smallest absolute Gasteiger partial charge is 0.117 e. The summed E-state index contributed by atoms with van der Waals surface area (Å²) in [5, 5.41) is 0.731. The van der Waals surface area contributed by atoms with Crippen molar-refractivity contribution in [3.05, 3.63) is 64.9 Å². The quantitative estimate of drug-likeness (QED) is 0.677. The van der Waals surface area contributed by atoms with E-state index in [1.807, 2.05) is 24.3 Å². The molecular formula is C17H17ClN2. The maximum Gasteiger partial charge on any atom is 0.117 e. The van der Waals surface area contributed by atoms with Crippen LogP contribution in [0, 0.1) is 0 Å². The Hall–Kier alpha value is -1.80. The number of benzene rings is 2. The van der Waals surface area contributed by atoms with Crippen molar-refractivity contribution < 1.29 is 0 Å². The fourth-order valence-corrected chi connectivity index (χ4v) is 2.92. The van der Waals surface area contributed by atoms with Crippen molar-refractivity contribution in [2.75, 3.05) is 0 Å². The lowest BCUT2D eigenvalue weighted by atomic mass is 9.96. The molecule has 0 amide bonds. The van der Waals surface area contributed by atoms with E-state index in [0.717, 1.165) is 28.3 Å². The summed E-state index contributed by atoms with van der Waals surface area (Å²) >= 11 is 6.06. The summed E-state index contributed by atoms with van der Waals surface area (Å²) in [6.45, 7) is 2.20. The summed E-state index contributed by atoms with van der Waals surface area (Å²) < 4.78 is 2.17. The van der Waals surface area contributed by atoms with Gasteiger partial charge in [-0.25, -0.2) is 4.98 Å². The zero-order valence-electron chi connectivity index (χ0n) is 11.7. The highest BCUT2D eigenvalue weighted by Crippen LogP contribution is 2.30. The average molecular weight is 285 g/mol. The number of rotatable bonds is 3. The highest BCUT2D eigenvalue weighted by Gasteiger charge is 2.18. The van der Waals surface area contributed by atoms with Crippen LogP contribution >= 0.6 is 11.6 Å². The molecule has 3 aromatic rings. The highest BCUT2D eigenvalue weighted by molar-refractivity contribution is 6.31. The van der Waals surface area contributed by atoms with Crippen molar-refractivity contribution >= 4 is 22.6 Å². The largest absolute Gasteiger partial charge is 0.331 e. The molecule has 20 heavy (non-hydrogen) atoms. The summed E-state index contributed by atoms with van der Waals surface area (Å²) in [6.07, 6.45) is 1.02. The van der Waals surface area contributed by atoms with Gasteiger partial charge < -0.3 is 4.57 Å². The van der Waals surface area contributed by atoms with Crippen LogP contribution in [-0.2, 0) is 7.05 Å². The summed E-state index contributed by atoms with van der Waals surface area (Å²) in [5.74, 6) is 1.41. The van der Waals surface area contributed by atoms with Crippen LogP contribution in [0.15, 0.2) is 48.5 Å². The van der Waals surface area contributed by atoms with Gasteiger partial charge in [0.2, 0.25) is 0 Å². The Balaban J connectivity index is 2.15. The molecule has 0 fully saturated rings. The molecule has 0 aliphatic carbocycles. The van der Waals surface area contributed by atoms with Gasteiger partial charge in [-0.1, -0.05) is 48.9 Å². The lowest BCUT2D eigenvalue weighted by Gasteiger charge is -2.15. The predicted molar refractivity (Wildman–Crippen MR) is 84.3 cm³/mol.